The lowest BCUT2D eigenvalue weighted by atomic mass is 10.2. The molecule has 1 heterocycles. The minimum Gasteiger partial charge on any atom is -0.357 e. The molecule has 0 aliphatic heterocycles. The van der Waals surface area contributed by atoms with Gasteiger partial charge in [0.05, 0.1) is 6.04 Å². The highest BCUT2D eigenvalue weighted by atomic mass is 35.5. The van der Waals surface area contributed by atoms with Crippen LogP contribution in [-0.4, -0.2) is 30.5 Å². The van der Waals surface area contributed by atoms with Crippen LogP contribution < -0.4 is 5.73 Å². The lowest BCUT2D eigenvalue weighted by Crippen LogP contribution is -2.27. The molecule has 2 rings (SSSR count). The van der Waals surface area contributed by atoms with Crippen molar-refractivity contribution in [3.63, 3.8) is 0 Å². The van der Waals surface area contributed by atoms with Crippen LogP contribution in [0.15, 0.2) is 24.3 Å². The molecule has 16 heavy (non-hydrogen) atoms. The minimum absolute atomic E-state index is 0.214. The second kappa shape index (κ2) is 4.45. The molecule has 0 amide bonds. The first-order chi connectivity index (χ1) is 7.61. The number of likely N-dealkylation sites (N-methyl/N-ethyl adjacent to an activating group) is 1. The number of fused-ring (bicyclic) bond motifs is 1. The number of nitrogens with two attached hydrogens (primary N) is 1. The molecule has 0 radical (unpaired) electrons. The summed E-state index contributed by atoms with van der Waals surface area (Å²) in [6, 6.07) is 8.16. The average molecular weight is 238 g/mol. The van der Waals surface area contributed by atoms with Gasteiger partial charge in [-0.1, -0.05) is 11.6 Å². The van der Waals surface area contributed by atoms with Crippen molar-refractivity contribution >= 4 is 22.5 Å². The van der Waals surface area contributed by atoms with Crippen molar-refractivity contribution in [2.75, 3.05) is 20.6 Å². The van der Waals surface area contributed by atoms with Gasteiger partial charge in [0.25, 0.3) is 0 Å². The summed E-state index contributed by atoms with van der Waals surface area (Å²) < 4.78 is 0. The Morgan fingerprint density at radius 2 is 2.12 bits per heavy atom. The van der Waals surface area contributed by atoms with Crippen LogP contribution in [-0.2, 0) is 0 Å². The van der Waals surface area contributed by atoms with Gasteiger partial charge in [0, 0.05) is 28.2 Å². The van der Waals surface area contributed by atoms with Crippen molar-refractivity contribution < 1.29 is 0 Å². The van der Waals surface area contributed by atoms with E-state index in [-0.39, 0.29) is 6.04 Å². The Hall–Kier alpha value is -1.03. The lowest BCUT2D eigenvalue weighted by Gasteiger charge is -2.21. The summed E-state index contributed by atoms with van der Waals surface area (Å²) in [6.07, 6.45) is 0. The van der Waals surface area contributed by atoms with Crippen molar-refractivity contribution in [1.82, 2.24) is 9.88 Å². The van der Waals surface area contributed by atoms with Gasteiger partial charge in [-0.05, 0) is 38.4 Å². The third-order valence-corrected chi connectivity index (χ3v) is 3.04. The maximum Gasteiger partial charge on any atom is 0.0617 e. The zero-order valence-corrected chi connectivity index (χ0v) is 10.3. The molecule has 0 saturated heterocycles. The molecular weight excluding hydrogens is 222 g/mol. The standard InChI is InChI=1S/C12H16ClN3/c1-16(2)12(7-14)11-6-8-5-9(13)3-4-10(8)15-11/h3-6,12,15H,7,14H2,1-2H3. The van der Waals surface area contributed by atoms with Crippen LogP contribution in [0.3, 0.4) is 0 Å². The fourth-order valence-electron chi connectivity index (χ4n) is 1.92. The van der Waals surface area contributed by atoms with Gasteiger partial charge < -0.3 is 10.7 Å². The number of aromatic nitrogens is 1. The highest BCUT2D eigenvalue weighted by Gasteiger charge is 2.14. The van der Waals surface area contributed by atoms with Crippen molar-refractivity contribution in [2.45, 2.75) is 6.04 Å². The van der Waals surface area contributed by atoms with E-state index in [4.69, 9.17) is 17.3 Å². The van der Waals surface area contributed by atoms with E-state index < -0.39 is 0 Å². The van der Waals surface area contributed by atoms with E-state index in [1.165, 1.54) is 0 Å². The monoisotopic (exact) mass is 237 g/mol. The summed E-state index contributed by atoms with van der Waals surface area (Å²) in [7, 11) is 4.05. The molecule has 0 saturated carbocycles. The van der Waals surface area contributed by atoms with Crippen molar-refractivity contribution in [2.24, 2.45) is 5.73 Å². The topological polar surface area (TPSA) is 45.0 Å². The van der Waals surface area contributed by atoms with Gasteiger partial charge in [-0.3, -0.25) is 4.90 Å². The number of hydrogen-bond acceptors (Lipinski definition) is 2. The molecule has 1 unspecified atom stereocenters. The van der Waals surface area contributed by atoms with Gasteiger partial charge >= 0.3 is 0 Å². The minimum atomic E-state index is 0.214. The number of rotatable bonds is 3. The zero-order chi connectivity index (χ0) is 11.7. The van der Waals surface area contributed by atoms with E-state index >= 15 is 0 Å². The summed E-state index contributed by atoms with van der Waals surface area (Å²) in [5.41, 5.74) is 8.00. The Balaban J connectivity index is 2.45. The summed E-state index contributed by atoms with van der Waals surface area (Å²) in [4.78, 5) is 5.48. The lowest BCUT2D eigenvalue weighted by molar-refractivity contribution is 0.301. The first-order valence-electron chi connectivity index (χ1n) is 5.26. The van der Waals surface area contributed by atoms with Crippen LogP contribution >= 0.6 is 11.6 Å². The second-order valence-corrected chi connectivity index (χ2v) is 4.61. The second-order valence-electron chi connectivity index (χ2n) is 4.17. The molecule has 0 spiro atoms. The predicted molar refractivity (Wildman–Crippen MR) is 68.8 cm³/mol. The number of aromatic amines is 1. The normalized spacial score (nSPS) is 13.6. The molecule has 0 aliphatic rings. The van der Waals surface area contributed by atoms with E-state index in [1.54, 1.807) is 0 Å². The quantitative estimate of drug-likeness (QED) is 0.861. The molecular formula is C12H16ClN3. The first kappa shape index (κ1) is 11.5. The van der Waals surface area contributed by atoms with Crippen LogP contribution in [0, 0.1) is 0 Å². The van der Waals surface area contributed by atoms with Crippen LogP contribution in [0.25, 0.3) is 10.9 Å². The smallest absolute Gasteiger partial charge is 0.0617 e. The number of H-pyrrole nitrogens is 1. The number of hydrogen-bond donors (Lipinski definition) is 2. The number of nitrogens with zero attached hydrogens (tertiary/aromatic N) is 1. The van der Waals surface area contributed by atoms with Crippen LogP contribution in [0.5, 0.6) is 0 Å². The van der Waals surface area contributed by atoms with Crippen LogP contribution in [0.4, 0.5) is 0 Å². The fourth-order valence-corrected chi connectivity index (χ4v) is 2.10. The molecule has 0 bridgehead atoms. The van der Waals surface area contributed by atoms with E-state index in [9.17, 15) is 0 Å². The van der Waals surface area contributed by atoms with Crippen molar-refractivity contribution in [1.29, 1.82) is 0 Å². The largest absolute Gasteiger partial charge is 0.357 e. The fraction of sp³-hybridized carbons (Fsp3) is 0.333. The summed E-state index contributed by atoms with van der Waals surface area (Å²) in [5, 5.41) is 1.88. The molecule has 4 heteroatoms. The predicted octanol–water partition coefficient (Wildman–Crippen LogP) is 2.38. The SMILES string of the molecule is CN(C)C(CN)c1cc2cc(Cl)ccc2[nH]1. The number of nitrogens with one attached hydrogen (secondary N) is 1. The zero-order valence-electron chi connectivity index (χ0n) is 9.50. The van der Waals surface area contributed by atoms with Gasteiger partial charge in [0.1, 0.15) is 0 Å². The average Bonchev–Trinajstić information content (AvgIpc) is 2.60. The maximum absolute atomic E-state index is 5.95. The number of benzene rings is 1. The molecule has 2 aromatic rings. The summed E-state index contributed by atoms with van der Waals surface area (Å²) >= 11 is 5.95. The van der Waals surface area contributed by atoms with Crippen LogP contribution in [0.1, 0.15) is 11.7 Å². The Labute approximate surface area is 100 Å². The molecule has 3 nitrogen and oxygen atoms in total. The van der Waals surface area contributed by atoms with E-state index in [2.05, 4.69) is 16.0 Å². The Morgan fingerprint density at radius 3 is 2.75 bits per heavy atom. The molecule has 1 atom stereocenters. The van der Waals surface area contributed by atoms with Crippen LogP contribution in [0.2, 0.25) is 5.02 Å². The molecule has 0 aliphatic carbocycles. The molecule has 0 fully saturated rings. The third-order valence-electron chi connectivity index (χ3n) is 2.81. The maximum atomic E-state index is 5.95. The van der Waals surface area contributed by atoms with E-state index in [0.717, 1.165) is 21.6 Å². The van der Waals surface area contributed by atoms with Gasteiger partial charge in [0.15, 0.2) is 0 Å². The van der Waals surface area contributed by atoms with Gasteiger partial charge in [-0.25, -0.2) is 0 Å². The summed E-state index contributed by atoms with van der Waals surface area (Å²) in [6.45, 7) is 0.591. The van der Waals surface area contributed by atoms with E-state index in [1.807, 2.05) is 32.3 Å². The highest BCUT2D eigenvalue weighted by molar-refractivity contribution is 6.31. The highest BCUT2D eigenvalue weighted by Crippen LogP contribution is 2.24. The molecule has 3 N–H and O–H groups in total. The Kier molecular flexibility index (Phi) is 3.19. The van der Waals surface area contributed by atoms with Gasteiger partial charge in [-0.15, -0.1) is 0 Å². The molecule has 1 aromatic heterocycles. The first-order valence-corrected chi connectivity index (χ1v) is 5.64. The summed E-state index contributed by atoms with van der Waals surface area (Å²) in [5.74, 6) is 0. The Morgan fingerprint density at radius 1 is 1.38 bits per heavy atom. The molecule has 86 valence electrons. The Bertz CT molecular complexity index is 490. The molecule has 1 aromatic carbocycles. The third kappa shape index (κ3) is 2.07. The van der Waals surface area contributed by atoms with Gasteiger partial charge in [-0.2, -0.15) is 0 Å². The van der Waals surface area contributed by atoms with Gasteiger partial charge in [0.2, 0.25) is 0 Å². The van der Waals surface area contributed by atoms with Crippen molar-refractivity contribution in [3.05, 3.63) is 35.0 Å². The van der Waals surface area contributed by atoms with Crippen molar-refractivity contribution in [3.8, 4) is 0 Å². The van der Waals surface area contributed by atoms with E-state index in [0.29, 0.717) is 6.54 Å². The number of halogens is 1.